The van der Waals surface area contributed by atoms with Crippen LogP contribution in [0.1, 0.15) is 16.1 Å². The van der Waals surface area contributed by atoms with E-state index in [1.165, 1.54) is 18.3 Å². The van der Waals surface area contributed by atoms with E-state index < -0.39 is 23.3 Å². The lowest BCUT2D eigenvalue weighted by Crippen LogP contribution is -2.21. The summed E-state index contributed by atoms with van der Waals surface area (Å²) in [5, 5.41) is 6.35. The number of benzene rings is 2. The molecule has 5 aromatic rings. The predicted octanol–water partition coefficient (Wildman–Crippen LogP) is 5.94. The minimum atomic E-state index is -4.84. The highest BCUT2D eigenvalue weighted by atomic mass is 32.1. The van der Waals surface area contributed by atoms with E-state index in [1.807, 2.05) is 30.3 Å². The number of hydrogen-bond acceptors (Lipinski definition) is 6. The van der Waals surface area contributed by atoms with Crippen molar-refractivity contribution in [3.63, 3.8) is 0 Å². The number of alkyl halides is 3. The molecule has 3 aromatic heterocycles. The molecule has 1 N–H and O–H groups in total. The zero-order chi connectivity index (χ0) is 23.7. The van der Waals surface area contributed by atoms with Crippen LogP contribution >= 0.6 is 11.3 Å². The molecule has 0 atom stereocenters. The molecule has 3 heterocycles. The van der Waals surface area contributed by atoms with E-state index in [0.29, 0.717) is 26.4 Å². The van der Waals surface area contributed by atoms with Gasteiger partial charge in [0.2, 0.25) is 0 Å². The standard InChI is InChI=1S/C23H14F3N5O2S/c24-23(25,26)20-16(13-28-31(20)19-8-4-5-11-27-19)21(32)30-22-29-17-10-9-15(12-18(17)34-22)33-14-6-2-1-3-7-14/h1-13H,(H,29,30,32). The normalized spacial score (nSPS) is 11.5. The van der Waals surface area contributed by atoms with E-state index >= 15 is 0 Å². The molecule has 11 heteroatoms. The van der Waals surface area contributed by atoms with Crippen LogP contribution in [0.5, 0.6) is 11.5 Å². The van der Waals surface area contributed by atoms with Gasteiger partial charge in [-0.1, -0.05) is 35.6 Å². The highest BCUT2D eigenvalue weighted by Crippen LogP contribution is 2.35. The van der Waals surface area contributed by atoms with Gasteiger partial charge in [0.25, 0.3) is 5.91 Å². The summed E-state index contributed by atoms with van der Waals surface area (Å²) in [5.41, 5.74) is -1.28. The number of amides is 1. The highest BCUT2D eigenvalue weighted by molar-refractivity contribution is 7.22. The van der Waals surface area contributed by atoms with Gasteiger partial charge >= 0.3 is 6.18 Å². The number of ether oxygens (including phenoxy) is 1. The molecule has 0 fully saturated rings. The van der Waals surface area contributed by atoms with Gasteiger partial charge in [-0.05, 0) is 36.4 Å². The van der Waals surface area contributed by atoms with E-state index in [0.717, 1.165) is 17.5 Å². The minimum Gasteiger partial charge on any atom is -0.457 e. The monoisotopic (exact) mass is 481 g/mol. The summed E-state index contributed by atoms with van der Waals surface area (Å²) < 4.78 is 48.6. The van der Waals surface area contributed by atoms with Crippen LogP contribution in [0.4, 0.5) is 18.3 Å². The Morgan fingerprint density at radius 2 is 1.79 bits per heavy atom. The van der Waals surface area contributed by atoms with Crippen molar-refractivity contribution < 1.29 is 22.7 Å². The van der Waals surface area contributed by atoms with Gasteiger partial charge in [-0.3, -0.25) is 10.1 Å². The SMILES string of the molecule is O=C(Nc1nc2ccc(Oc3ccccc3)cc2s1)c1cnn(-c2ccccn2)c1C(F)(F)F. The van der Waals surface area contributed by atoms with Crippen molar-refractivity contribution >= 4 is 32.6 Å². The third kappa shape index (κ3) is 4.33. The molecular formula is C23H14F3N5O2S. The summed E-state index contributed by atoms with van der Waals surface area (Å²) >= 11 is 1.12. The van der Waals surface area contributed by atoms with Crippen molar-refractivity contribution in [2.75, 3.05) is 5.32 Å². The Bertz CT molecular complexity index is 1470. The first-order valence-electron chi connectivity index (χ1n) is 9.90. The number of fused-ring (bicyclic) bond motifs is 1. The lowest BCUT2D eigenvalue weighted by Gasteiger charge is -2.11. The lowest BCUT2D eigenvalue weighted by molar-refractivity contribution is -0.143. The van der Waals surface area contributed by atoms with Crippen LogP contribution in [0.25, 0.3) is 16.0 Å². The number of rotatable bonds is 5. The predicted molar refractivity (Wildman–Crippen MR) is 120 cm³/mol. The Hall–Kier alpha value is -4.25. The molecular weight excluding hydrogens is 467 g/mol. The summed E-state index contributed by atoms with van der Waals surface area (Å²) in [4.78, 5) is 21.0. The fourth-order valence-corrected chi connectivity index (χ4v) is 4.14. The number of pyridine rings is 1. The molecule has 0 bridgehead atoms. The molecule has 2 aromatic carbocycles. The Morgan fingerprint density at radius 1 is 1.00 bits per heavy atom. The number of carbonyl (C=O) groups is 1. The molecule has 7 nitrogen and oxygen atoms in total. The van der Waals surface area contributed by atoms with E-state index in [9.17, 15) is 18.0 Å². The molecule has 0 aliphatic heterocycles. The first-order valence-corrected chi connectivity index (χ1v) is 10.7. The number of nitrogens with zero attached hydrogens (tertiary/aromatic N) is 4. The van der Waals surface area contributed by atoms with Crippen molar-refractivity contribution in [1.29, 1.82) is 0 Å². The summed E-state index contributed by atoms with van der Waals surface area (Å²) in [7, 11) is 0. The fourth-order valence-electron chi connectivity index (χ4n) is 3.25. The van der Waals surface area contributed by atoms with Gasteiger partial charge in [0.1, 0.15) is 11.5 Å². The number of para-hydroxylation sites is 1. The molecule has 0 radical (unpaired) electrons. The average Bonchev–Trinajstić information content (AvgIpc) is 3.44. The van der Waals surface area contributed by atoms with Crippen molar-refractivity contribution in [3.8, 4) is 17.3 Å². The van der Waals surface area contributed by atoms with Gasteiger partial charge in [0.15, 0.2) is 16.6 Å². The van der Waals surface area contributed by atoms with Gasteiger partial charge in [-0.25, -0.2) is 14.6 Å². The van der Waals surface area contributed by atoms with Crippen LogP contribution in [-0.4, -0.2) is 25.7 Å². The van der Waals surface area contributed by atoms with Gasteiger partial charge < -0.3 is 4.74 Å². The summed E-state index contributed by atoms with van der Waals surface area (Å²) in [5.74, 6) is 0.190. The van der Waals surface area contributed by atoms with Gasteiger partial charge in [0, 0.05) is 12.3 Å². The quantitative estimate of drug-likeness (QED) is 0.336. The Labute approximate surface area is 194 Å². The Kier molecular flexibility index (Phi) is 5.46. The second-order valence-electron chi connectivity index (χ2n) is 7.02. The first-order chi connectivity index (χ1) is 16.4. The zero-order valence-corrected chi connectivity index (χ0v) is 18.0. The Morgan fingerprint density at radius 3 is 2.53 bits per heavy atom. The number of halogens is 3. The molecule has 34 heavy (non-hydrogen) atoms. The highest BCUT2D eigenvalue weighted by Gasteiger charge is 2.41. The summed E-state index contributed by atoms with van der Waals surface area (Å²) in [6.45, 7) is 0. The second-order valence-corrected chi connectivity index (χ2v) is 8.05. The fraction of sp³-hybridized carbons (Fsp3) is 0.0435. The van der Waals surface area contributed by atoms with Crippen LogP contribution in [0.2, 0.25) is 0 Å². The third-order valence-electron chi connectivity index (χ3n) is 4.71. The maximum Gasteiger partial charge on any atom is 0.434 e. The minimum absolute atomic E-state index is 0.0557. The third-order valence-corrected chi connectivity index (χ3v) is 5.64. The number of aromatic nitrogens is 4. The maximum atomic E-state index is 13.8. The molecule has 0 aliphatic carbocycles. The largest absolute Gasteiger partial charge is 0.457 e. The molecule has 1 amide bonds. The molecule has 0 aliphatic rings. The van der Waals surface area contributed by atoms with Crippen LogP contribution in [0.15, 0.2) is 79.1 Å². The summed E-state index contributed by atoms with van der Waals surface area (Å²) in [6.07, 6.45) is -2.63. The number of anilines is 1. The van der Waals surface area contributed by atoms with Crippen LogP contribution < -0.4 is 10.1 Å². The van der Waals surface area contributed by atoms with E-state index in [4.69, 9.17) is 4.74 Å². The van der Waals surface area contributed by atoms with Crippen molar-refractivity contribution in [3.05, 3.63) is 90.4 Å². The van der Waals surface area contributed by atoms with Crippen molar-refractivity contribution in [2.24, 2.45) is 0 Å². The van der Waals surface area contributed by atoms with Crippen LogP contribution in [-0.2, 0) is 6.18 Å². The van der Waals surface area contributed by atoms with Crippen LogP contribution in [0.3, 0.4) is 0 Å². The van der Waals surface area contributed by atoms with Crippen LogP contribution in [0, 0.1) is 0 Å². The molecule has 170 valence electrons. The average molecular weight is 481 g/mol. The van der Waals surface area contributed by atoms with Crippen molar-refractivity contribution in [2.45, 2.75) is 6.18 Å². The zero-order valence-electron chi connectivity index (χ0n) is 17.2. The van der Waals surface area contributed by atoms with Gasteiger partial charge in [-0.2, -0.15) is 18.3 Å². The summed E-state index contributed by atoms with van der Waals surface area (Å²) in [6, 6.07) is 18.8. The molecule has 0 saturated heterocycles. The lowest BCUT2D eigenvalue weighted by atomic mass is 10.2. The molecule has 5 rings (SSSR count). The molecule has 0 unspecified atom stereocenters. The van der Waals surface area contributed by atoms with Crippen molar-refractivity contribution in [1.82, 2.24) is 19.7 Å². The maximum absolute atomic E-state index is 13.8. The van der Waals surface area contributed by atoms with E-state index in [-0.39, 0.29) is 10.9 Å². The molecule has 0 saturated carbocycles. The first kappa shape index (κ1) is 21.6. The molecule has 0 spiro atoms. The number of thiazole rings is 1. The van der Waals surface area contributed by atoms with Gasteiger partial charge in [-0.15, -0.1) is 0 Å². The smallest absolute Gasteiger partial charge is 0.434 e. The number of nitrogens with one attached hydrogen (secondary N) is 1. The second kappa shape index (κ2) is 8.60. The number of hydrogen-bond donors (Lipinski definition) is 1. The number of carbonyl (C=O) groups excluding carboxylic acids is 1. The Balaban J connectivity index is 1.42. The van der Waals surface area contributed by atoms with Gasteiger partial charge in [0.05, 0.1) is 22.0 Å². The van der Waals surface area contributed by atoms with E-state index in [1.54, 1.807) is 24.3 Å². The van der Waals surface area contributed by atoms with E-state index in [2.05, 4.69) is 20.4 Å². The topological polar surface area (TPSA) is 81.9 Å².